The van der Waals surface area contributed by atoms with Gasteiger partial charge in [0.05, 0.1) is 32.2 Å². The molecule has 1 unspecified atom stereocenters. The summed E-state index contributed by atoms with van der Waals surface area (Å²) in [6, 6.07) is 3.61. The number of methoxy groups -OCH3 is 3. The van der Waals surface area contributed by atoms with E-state index in [-0.39, 0.29) is 11.9 Å². The van der Waals surface area contributed by atoms with Crippen molar-refractivity contribution >= 4 is 16.3 Å². The van der Waals surface area contributed by atoms with Crippen LogP contribution in [0.15, 0.2) is 18.5 Å². The Morgan fingerprint density at radius 2 is 1.76 bits per heavy atom. The van der Waals surface area contributed by atoms with Crippen LogP contribution >= 0.6 is 11.3 Å². The molecule has 3 heterocycles. The molecule has 1 N–H and O–H groups in total. The third-order valence-electron chi connectivity index (χ3n) is 5.32. The lowest BCUT2D eigenvalue weighted by atomic mass is 10.0. The summed E-state index contributed by atoms with van der Waals surface area (Å²) in [5, 5.41) is 15.1. The van der Waals surface area contributed by atoms with E-state index >= 15 is 0 Å². The number of hydrogen-bond donors (Lipinski definition) is 1. The molecule has 0 spiro atoms. The maximum atomic E-state index is 10.9. The SMILES string of the molecule is COc1ccc(C(c2sc3ncnn3c2O)N2CCN(C)CC2)c(OC)c1OC. The van der Waals surface area contributed by atoms with Crippen LogP contribution in [0.1, 0.15) is 16.5 Å². The summed E-state index contributed by atoms with van der Waals surface area (Å²) in [6.07, 6.45) is 1.44. The molecule has 1 saturated heterocycles. The third-order valence-corrected chi connectivity index (χ3v) is 6.41. The van der Waals surface area contributed by atoms with Crippen LogP contribution in [0.4, 0.5) is 0 Å². The summed E-state index contributed by atoms with van der Waals surface area (Å²) < 4.78 is 18.3. The second-order valence-corrected chi connectivity index (χ2v) is 7.92. The molecule has 156 valence electrons. The van der Waals surface area contributed by atoms with Gasteiger partial charge in [0.25, 0.3) is 0 Å². The van der Waals surface area contributed by atoms with Crippen molar-refractivity contribution in [3.63, 3.8) is 0 Å². The number of rotatable bonds is 6. The lowest BCUT2D eigenvalue weighted by Crippen LogP contribution is -2.46. The van der Waals surface area contributed by atoms with Crippen molar-refractivity contribution in [2.24, 2.45) is 0 Å². The standard InChI is InChI=1S/C19H25N5O4S/c1-22-7-9-23(10-8-22)14(17-18(25)24-19(29-17)20-11-21-24)12-5-6-13(26-2)16(28-4)15(12)27-3/h5-6,11,14,25H,7-10H2,1-4H3. The molecule has 0 amide bonds. The van der Waals surface area contributed by atoms with Crippen LogP contribution in [0.3, 0.4) is 0 Å². The Morgan fingerprint density at radius 1 is 1.03 bits per heavy atom. The van der Waals surface area contributed by atoms with Crippen LogP contribution in [0.5, 0.6) is 23.1 Å². The van der Waals surface area contributed by atoms with Gasteiger partial charge in [-0.1, -0.05) is 11.3 Å². The highest BCUT2D eigenvalue weighted by Crippen LogP contribution is 2.48. The largest absolute Gasteiger partial charge is 0.493 e. The molecule has 1 aromatic carbocycles. The number of fused-ring (bicyclic) bond motifs is 1. The van der Waals surface area contributed by atoms with Crippen molar-refractivity contribution < 1.29 is 19.3 Å². The third kappa shape index (κ3) is 3.37. The summed E-state index contributed by atoms with van der Waals surface area (Å²) in [5.74, 6) is 1.82. The smallest absolute Gasteiger partial charge is 0.230 e. The molecule has 2 aromatic heterocycles. The fourth-order valence-corrected chi connectivity index (χ4v) is 4.88. The zero-order chi connectivity index (χ0) is 20.5. The molecule has 0 aliphatic carbocycles. The predicted octanol–water partition coefficient (Wildman–Crippen LogP) is 1.86. The van der Waals surface area contributed by atoms with Crippen LogP contribution in [-0.4, -0.2) is 84.1 Å². The highest BCUT2D eigenvalue weighted by molar-refractivity contribution is 7.17. The van der Waals surface area contributed by atoms with Crippen LogP contribution in [0, 0.1) is 0 Å². The maximum Gasteiger partial charge on any atom is 0.230 e. The maximum absolute atomic E-state index is 10.9. The number of ether oxygens (including phenoxy) is 3. The topological polar surface area (TPSA) is 84.6 Å². The van der Waals surface area contributed by atoms with Crippen molar-refractivity contribution in [2.45, 2.75) is 6.04 Å². The van der Waals surface area contributed by atoms with Crippen molar-refractivity contribution in [1.29, 1.82) is 0 Å². The van der Waals surface area contributed by atoms with Crippen molar-refractivity contribution in [1.82, 2.24) is 24.4 Å². The first-order valence-electron chi connectivity index (χ1n) is 9.31. The van der Waals surface area contributed by atoms with Gasteiger partial charge in [0.2, 0.25) is 16.6 Å². The lowest BCUT2D eigenvalue weighted by Gasteiger charge is -2.38. The number of nitrogens with zero attached hydrogens (tertiary/aromatic N) is 5. The summed E-state index contributed by atoms with van der Waals surface area (Å²) in [7, 11) is 6.92. The Labute approximate surface area is 173 Å². The molecule has 3 aromatic rings. The van der Waals surface area contributed by atoms with Gasteiger partial charge in [0.15, 0.2) is 11.5 Å². The quantitative estimate of drug-likeness (QED) is 0.648. The minimum Gasteiger partial charge on any atom is -0.493 e. The molecular formula is C19H25N5O4S. The number of benzene rings is 1. The van der Waals surface area contributed by atoms with Gasteiger partial charge in [0.1, 0.15) is 6.33 Å². The van der Waals surface area contributed by atoms with E-state index in [2.05, 4.69) is 26.9 Å². The van der Waals surface area contributed by atoms with Crippen molar-refractivity contribution in [2.75, 3.05) is 54.6 Å². The lowest BCUT2D eigenvalue weighted by molar-refractivity contribution is 0.125. The zero-order valence-corrected chi connectivity index (χ0v) is 17.8. The number of likely N-dealkylation sites (N-methyl/N-ethyl adjacent to an activating group) is 1. The first-order valence-corrected chi connectivity index (χ1v) is 10.1. The van der Waals surface area contributed by atoms with E-state index in [1.54, 1.807) is 21.3 Å². The van der Waals surface area contributed by atoms with Crippen LogP contribution in [0.2, 0.25) is 0 Å². The molecule has 10 heteroatoms. The van der Waals surface area contributed by atoms with E-state index < -0.39 is 0 Å². The number of thiazole rings is 1. The molecule has 29 heavy (non-hydrogen) atoms. The van der Waals surface area contributed by atoms with E-state index in [4.69, 9.17) is 14.2 Å². The molecule has 0 bridgehead atoms. The molecule has 9 nitrogen and oxygen atoms in total. The Morgan fingerprint density at radius 3 is 2.38 bits per heavy atom. The first-order chi connectivity index (χ1) is 14.1. The predicted molar refractivity (Wildman–Crippen MR) is 110 cm³/mol. The summed E-state index contributed by atoms with van der Waals surface area (Å²) in [5.41, 5.74) is 0.898. The van der Waals surface area contributed by atoms with Gasteiger partial charge < -0.3 is 24.2 Å². The van der Waals surface area contributed by atoms with E-state index in [9.17, 15) is 5.11 Å². The molecule has 1 aliphatic heterocycles. The highest BCUT2D eigenvalue weighted by Gasteiger charge is 2.34. The van der Waals surface area contributed by atoms with Crippen LogP contribution in [0.25, 0.3) is 4.96 Å². The molecule has 1 fully saturated rings. The van der Waals surface area contributed by atoms with Crippen molar-refractivity contribution in [3.8, 4) is 23.1 Å². The number of hydrogen-bond acceptors (Lipinski definition) is 9. The summed E-state index contributed by atoms with van der Waals surface area (Å²) >= 11 is 1.43. The van der Waals surface area contributed by atoms with Gasteiger partial charge in [0, 0.05) is 31.7 Å². The number of aromatic hydroxyl groups is 1. The van der Waals surface area contributed by atoms with Crippen LogP contribution < -0.4 is 14.2 Å². The fourth-order valence-electron chi connectivity index (χ4n) is 3.80. The van der Waals surface area contributed by atoms with Gasteiger partial charge in [-0.05, 0) is 19.2 Å². The van der Waals surface area contributed by atoms with E-state index in [0.717, 1.165) is 36.6 Å². The van der Waals surface area contributed by atoms with Gasteiger partial charge in [-0.2, -0.15) is 9.61 Å². The highest BCUT2D eigenvalue weighted by atomic mass is 32.1. The molecular weight excluding hydrogens is 394 g/mol. The average molecular weight is 420 g/mol. The normalized spacial score (nSPS) is 16.8. The number of piperazine rings is 1. The van der Waals surface area contributed by atoms with E-state index in [1.165, 1.54) is 22.2 Å². The Hall–Kier alpha value is -2.56. The van der Waals surface area contributed by atoms with Gasteiger partial charge >= 0.3 is 0 Å². The minimum absolute atomic E-state index is 0.100. The second-order valence-electron chi connectivity index (χ2n) is 6.91. The Bertz CT molecular complexity index is 996. The van der Waals surface area contributed by atoms with Crippen LogP contribution in [-0.2, 0) is 0 Å². The van der Waals surface area contributed by atoms with Gasteiger partial charge in [-0.3, -0.25) is 4.90 Å². The first kappa shape index (κ1) is 19.7. The fraction of sp³-hybridized carbons (Fsp3) is 0.474. The molecule has 1 aliphatic rings. The molecule has 0 saturated carbocycles. The number of aromatic nitrogens is 3. The monoisotopic (exact) mass is 419 g/mol. The Kier molecular flexibility index (Phi) is 5.48. The Balaban J connectivity index is 1.89. The van der Waals surface area contributed by atoms with E-state index in [1.807, 2.05) is 12.1 Å². The summed E-state index contributed by atoms with van der Waals surface area (Å²) in [6.45, 7) is 3.58. The minimum atomic E-state index is -0.230. The van der Waals surface area contributed by atoms with Gasteiger partial charge in [-0.15, -0.1) is 0 Å². The summed E-state index contributed by atoms with van der Waals surface area (Å²) in [4.78, 5) is 10.3. The molecule has 4 rings (SSSR count). The van der Waals surface area contributed by atoms with Crippen molar-refractivity contribution in [3.05, 3.63) is 28.9 Å². The average Bonchev–Trinajstić information content (AvgIpc) is 3.32. The molecule has 0 radical (unpaired) electrons. The molecule has 1 atom stereocenters. The zero-order valence-electron chi connectivity index (χ0n) is 17.0. The van der Waals surface area contributed by atoms with E-state index in [0.29, 0.717) is 22.2 Å². The second kappa shape index (κ2) is 8.05. The van der Waals surface area contributed by atoms with Gasteiger partial charge in [-0.25, -0.2) is 4.98 Å².